The maximum atomic E-state index is 8.63. The van der Waals surface area contributed by atoms with Crippen molar-refractivity contribution in [3.8, 4) is 5.75 Å². The van der Waals surface area contributed by atoms with Crippen molar-refractivity contribution < 1.29 is 9.84 Å². The van der Waals surface area contributed by atoms with Gasteiger partial charge in [0.25, 0.3) is 0 Å². The lowest BCUT2D eigenvalue weighted by Gasteiger charge is -2.11. The van der Waals surface area contributed by atoms with Crippen LogP contribution in [0, 0.1) is 6.92 Å². The second-order valence-corrected chi connectivity index (χ2v) is 4.63. The molecule has 19 heavy (non-hydrogen) atoms. The maximum Gasteiger partial charge on any atom is 0.122 e. The molecule has 3 heteroatoms. The summed E-state index contributed by atoms with van der Waals surface area (Å²) in [5.41, 5.74) is 2.45. The summed E-state index contributed by atoms with van der Waals surface area (Å²) in [6, 6.07) is 6.27. The van der Waals surface area contributed by atoms with E-state index in [0.717, 1.165) is 38.2 Å². The van der Waals surface area contributed by atoms with Gasteiger partial charge in [-0.2, -0.15) is 0 Å². The second-order valence-electron chi connectivity index (χ2n) is 4.63. The molecular weight excluding hydrogens is 238 g/mol. The lowest BCUT2D eigenvalue weighted by atomic mass is 10.1. The molecule has 1 aromatic rings. The molecule has 0 fully saturated rings. The largest absolute Gasteiger partial charge is 0.493 e. The highest BCUT2D eigenvalue weighted by Gasteiger charge is 2.02. The molecule has 0 amide bonds. The number of unbranched alkanes of at least 4 members (excludes halogenated alkanes) is 1. The summed E-state index contributed by atoms with van der Waals surface area (Å²) in [6.45, 7) is 8.39. The van der Waals surface area contributed by atoms with E-state index in [2.05, 4.69) is 31.0 Å². The first-order valence-corrected chi connectivity index (χ1v) is 6.92. The van der Waals surface area contributed by atoms with Gasteiger partial charge < -0.3 is 15.2 Å². The van der Waals surface area contributed by atoms with Gasteiger partial charge in [-0.1, -0.05) is 23.8 Å². The Balaban J connectivity index is 2.30. The Morgan fingerprint density at radius 1 is 1.32 bits per heavy atom. The van der Waals surface area contributed by atoms with Crippen LogP contribution in [0.3, 0.4) is 0 Å². The number of benzene rings is 1. The van der Waals surface area contributed by atoms with Crippen LogP contribution in [0.15, 0.2) is 30.9 Å². The summed E-state index contributed by atoms with van der Waals surface area (Å²) in [4.78, 5) is 0. The lowest BCUT2D eigenvalue weighted by molar-refractivity contribution is 0.286. The van der Waals surface area contributed by atoms with Crippen LogP contribution in [-0.4, -0.2) is 31.4 Å². The van der Waals surface area contributed by atoms with Gasteiger partial charge in [0.1, 0.15) is 5.75 Å². The average Bonchev–Trinajstić information content (AvgIpc) is 2.40. The van der Waals surface area contributed by atoms with Gasteiger partial charge in [-0.15, -0.1) is 6.58 Å². The molecule has 0 atom stereocenters. The van der Waals surface area contributed by atoms with E-state index in [1.54, 1.807) is 0 Å². The molecule has 106 valence electrons. The Hall–Kier alpha value is -1.32. The monoisotopic (exact) mass is 263 g/mol. The predicted molar refractivity (Wildman–Crippen MR) is 79.8 cm³/mol. The Labute approximate surface area is 116 Å². The molecule has 1 rings (SSSR count). The highest BCUT2D eigenvalue weighted by atomic mass is 16.5. The van der Waals surface area contributed by atoms with Crippen LogP contribution in [-0.2, 0) is 6.42 Å². The molecular formula is C16H25NO2. The second kappa shape index (κ2) is 9.59. The smallest absolute Gasteiger partial charge is 0.122 e. The zero-order valence-corrected chi connectivity index (χ0v) is 11.8. The molecule has 0 saturated heterocycles. The third-order valence-corrected chi connectivity index (χ3v) is 2.87. The summed E-state index contributed by atoms with van der Waals surface area (Å²) in [5.74, 6) is 0.966. The molecule has 0 aliphatic rings. The van der Waals surface area contributed by atoms with Crippen LogP contribution in [0.4, 0.5) is 0 Å². The molecule has 0 spiro atoms. The van der Waals surface area contributed by atoms with Crippen molar-refractivity contribution in [1.29, 1.82) is 0 Å². The van der Waals surface area contributed by atoms with Crippen LogP contribution in [0.1, 0.15) is 24.0 Å². The van der Waals surface area contributed by atoms with E-state index in [0.29, 0.717) is 6.54 Å². The minimum Gasteiger partial charge on any atom is -0.493 e. The third kappa shape index (κ3) is 6.41. The van der Waals surface area contributed by atoms with Gasteiger partial charge in [-0.3, -0.25) is 0 Å². The quantitative estimate of drug-likeness (QED) is 0.503. The SMILES string of the molecule is C=CCc1cc(C)ccc1OCCCCNCCO. The first kappa shape index (κ1) is 15.7. The third-order valence-electron chi connectivity index (χ3n) is 2.87. The van der Waals surface area contributed by atoms with E-state index in [-0.39, 0.29) is 6.61 Å². The molecule has 0 aromatic heterocycles. The number of rotatable bonds is 10. The van der Waals surface area contributed by atoms with Crippen LogP contribution in [0.5, 0.6) is 5.75 Å². The fourth-order valence-corrected chi connectivity index (χ4v) is 1.90. The number of allylic oxidation sites excluding steroid dienone is 1. The first-order valence-electron chi connectivity index (χ1n) is 6.92. The predicted octanol–water partition coefficient (Wildman–Crippen LogP) is 2.46. The Kier molecular flexibility index (Phi) is 7.94. The number of aliphatic hydroxyl groups is 1. The maximum absolute atomic E-state index is 8.63. The zero-order chi connectivity index (χ0) is 13.9. The Bertz CT molecular complexity index is 377. The number of aryl methyl sites for hydroxylation is 1. The topological polar surface area (TPSA) is 41.5 Å². The molecule has 3 nitrogen and oxygen atoms in total. The van der Waals surface area contributed by atoms with Crippen molar-refractivity contribution in [2.24, 2.45) is 0 Å². The number of aliphatic hydroxyl groups excluding tert-OH is 1. The summed E-state index contributed by atoms with van der Waals surface area (Å²) >= 11 is 0. The lowest BCUT2D eigenvalue weighted by Crippen LogP contribution is -2.19. The van der Waals surface area contributed by atoms with E-state index in [1.165, 1.54) is 11.1 Å². The van der Waals surface area contributed by atoms with Gasteiger partial charge >= 0.3 is 0 Å². The molecule has 2 N–H and O–H groups in total. The van der Waals surface area contributed by atoms with Gasteiger partial charge in [-0.05, 0) is 44.4 Å². The molecule has 0 radical (unpaired) electrons. The minimum absolute atomic E-state index is 0.199. The molecule has 0 saturated carbocycles. The van der Waals surface area contributed by atoms with Gasteiger partial charge in [0.05, 0.1) is 13.2 Å². The fourth-order valence-electron chi connectivity index (χ4n) is 1.90. The van der Waals surface area contributed by atoms with Crippen LogP contribution in [0.25, 0.3) is 0 Å². The molecule has 0 unspecified atom stereocenters. The number of nitrogens with one attached hydrogen (secondary N) is 1. The van der Waals surface area contributed by atoms with E-state index in [9.17, 15) is 0 Å². The van der Waals surface area contributed by atoms with E-state index in [4.69, 9.17) is 9.84 Å². The number of hydrogen-bond acceptors (Lipinski definition) is 3. The van der Waals surface area contributed by atoms with Crippen molar-refractivity contribution in [2.45, 2.75) is 26.2 Å². The fraction of sp³-hybridized carbons (Fsp3) is 0.500. The first-order chi connectivity index (χ1) is 9.27. The van der Waals surface area contributed by atoms with Crippen molar-refractivity contribution in [3.05, 3.63) is 42.0 Å². The van der Waals surface area contributed by atoms with Crippen molar-refractivity contribution in [1.82, 2.24) is 5.32 Å². The highest BCUT2D eigenvalue weighted by molar-refractivity contribution is 5.38. The minimum atomic E-state index is 0.199. The van der Waals surface area contributed by atoms with Crippen molar-refractivity contribution in [2.75, 3.05) is 26.3 Å². The molecule has 1 aromatic carbocycles. The standard InChI is InChI=1S/C16H25NO2/c1-3-6-15-13-14(2)7-8-16(15)19-12-5-4-9-17-10-11-18/h3,7-8,13,17-18H,1,4-6,9-12H2,2H3. The summed E-state index contributed by atoms with van der Waals surface area (Å²) in [7, 11) is 0. The van der Waals surface area contributed by atoms with Crippen molar-refractivity contribution >= 4 is 0 Å². The van der Waals surface area contributed by atoms with Crippen LogP contribution in [0.2, 0.25) is 0 Å². The number of ether oxygens (including phenoxy) is 1. The van der Waals surface area contributed by atoms with Gasteiger partial charge in [-0.25, -0.2) is 0 Å². The average molecular weight is 263 g/mol. The normalized spacial score (nSPS) is 10.4. The van der Waals surface area contributed by atoms with Gasteiger partial charge in [0, 0.05) is 6.54 Å². The Morgan fingerprint density at radius 3 is 2.89 bits per heavy atom. The zero-order valence-electron chi connectivity index (χ0n) is 11.8. The summed E-state index contributed by atoms with van der Waals surface area (Å²) in [6.07, 6.45) is 4.82. The van der Waals surface area contributed by atoms with Crippen LogP contribution >= 0.6 is 0 Å². The molecule has 0 aliphatic heterocycles. The summed E-state index contributed by atoms with van der Waals surface area (Å²) in [5, 5.41) is 11.8. The molecule has 0 heterocycles. The van der Waals surface area contributed by atoms with E-state index >= 15 is 0 Å². The number of hydrogen-bond donors (Lipinski definition) is 2. The summed E-state index contributed by atoms with van der Waals surface area (Å²) < 4.78 is 5.83. The van der Waals surface area contributed by atoms with Crippen LogP contribution < -0.4 is 10.1 Å². The van der Waals surface area contributed by atoms with E-state index < -0.39 is 0 Å². The van der Waals surface area contributed by atoms with Crippen molar-refractivity contribution in [3.63, 3.8) is 0 Å². The molecule has 0 bridgehead atoms. The molecule has 0 aliphatic carbocycles. The van der Waals surface area contributed by atoms with E-state index in [1.807, 2.05) is 12.1 Å². The van der Waals surface area contributed by atoms with Gasteiger partial charge in [0.15, 0.2) is 0 Å². The Morgan fingerprint density at radius 2 is 2.16 bits per heavy atom. The highest BCUT2D eigenvalue weighted by Crippen LogP contribution is 2.21. The van der Waals surface area contributed by atoms with Gasteiger partial charge in [0.2, 0.25) is 0 Å².